The molecule has 1 aliphatic rings. The highest BCUT2D eigenvalue weighted by atomic mass is 16.1. The largest absolute Gasteiger partial charge is 0.353 e. The van der Waals surface area contributed by atoms with Crippen molar-refractivity contribution in [2.24, 2.45) is 0 Å². The van der Waals surface area contributed by atoms with Crippen LogP contribution in [0.3, 0.4) is 0 Å². The van der Waals surface area contributed by atoms with Crippen LogP contribution in [0.2, 0.25) is 0 Å². The highest BCUT2D eigenvalue weighted by Gasteiger charge is 2.37. The molecule has 0 atom stereocenters. The summed E-state index contributed by atoms with van der Waals surface area (Å²) in [6.45, 7) is 9.71. The van der Waals surface area contributed by atoms with E-state index in [-0.39, 0.29) is 17.0 Å². The summed E-state index contributed by atoms with van der Waals surface area (Å²) in [6, 6.07) is 0.290. The van der Waals surface area contributed by atoms with Gasteiger partial charge in [-0.05, 0) is 60.5 Å². The molecule has 0 aromatic rings. The number of hydrogen-bond acceptors (Lipinski definition) is 3. The van der Waals surface area contributed by atoms with Crippen LogP contribution >= 0.6 is 0 Å². The fraction of sp³-hybridized carbons (Fsp3) is 0.929. The zero-order chi connectivity index (χ0) is 13.8. The van der Waals surface area contributed by atoms with Crippen LogP contribution in [0.15, 0.2) is 0 Å². The Morgan fingerprint density at radius 1 is 1.22 bits per heavy atom. The Bertz CT molecular complexity index is 271. The molecule has 0 spiro atoms. The summed E-state index contributed by atoms with van der Waals surface area (Å²) in [5.74, 6) is 0.184. The van der Waals surface area contributed by atoms with E-state index in [1.807, 2.05) is 7.05 Å². The van der Waals surface area contributed by atoms with Crippen LogP contribution in [0.1, 0.15) is 53.4 Å². The van der Waals surface area contributed by atoms with E-state index in [4.69, 9.17) is 0 Å². The van der Waals surface area contributed by atoms with Crippen LogP contribution in [-0.2, 0) is 4.79 Å². The van der Waals surface area contributed by atoms with E-state index in [0.29, 0.717) is 12.5 Å². The predicted molar refractivity (Wildman–Crippen MR) is 75.6 cm³/mol. The van der Waals surface area contributed by atoms with Crippen LogP contribution in [0.4, 0.5) is 0 Å². The van der Waals surface area contributed by atoms with Crippen molar-refractivity contribution in [2.45, 2.75) is 70.5 Å². The SMILES string of the molecule is CNCCCC(=O)NC1CC(C)(C)NC(C)(C)C1. The Morgan fingerprint density at radius 3 is 2.28 bits per heavy atom. The molecular formula is C14H29N3O. The number of rotatable bonds is 5. The average Bonchev–Trinajstić information content (AvgIpc) is 2.12. The number of hydrogen-bond donors (Lipinski definition) is 3. The van der Waals surface area contributed by atoms with Crippen LogP contribution in [0.5, 0.6) is 0 Å². The molecular weight excluding hydrogens is 226 g/mol. The van der Waals surface area contributed by atoms with E-state index in [0.717, 1.165) is 25.8 Å². The fourth-order valence-corrected chi connectivity index (χ4v) is 3.15. The predicted octanol–water partition coefficient (Wildman–Crippen LogP) is 1.41. The molecule has 18 heavy (non-hydrogen) atoms. The van der Waals surface area contributed by atoms with Crippen molar-refractivity contribution in [1.82, 2.24) is 16.0 Å². The van der Waals surface area contributed by atoms with Crippen molar-refractivity contribution in [2.75, 3.05) is 13.6 Å². The molecule has 4 heteroatoms. The third kappa shape index (κ3) is 5.36. The van der Waals surface area contributed by atoms with Crippen molar-refractivity contribution in [3.8, 4) is 0 Å². The number of carbonyl (C=O) groups is 1. The second-order valence-corrected chi connectivity index (χ2v) is 6.77. The molecule has 3 N–H and O–H groups in total. The topological polar surface area (TPSA) is 53.2 Å². The lowest BCUT2D eigenvalue weighted by molar-refractivity contribution is -0.122. The van der Waals surface area contributed by atoms with Gasteiger partial charge in [0.2, 0.25) is 5.91 Å². The summed E-state index contributed by atoms with van der Waals surface area (Å²) in [5.41, 5.74) is 0.176. The lowest BCUT2D eigenvalue weighted by atomic mass is 9.79. The molecule has 1 rings (SSSR count). The minimum Gasteiger partial charge on any atom is -0.353 e. The third-order valence-corrected chi connectivity index (χ3v) is 3.39. The summed E-state index contributed by atoms with van der Waals surface area (Å²) >= 11 is 0. The number of carbonyl (C=O) groups excluding carboxylic acids is 1. The molecule has 0 unspecified atom stereocenters. The average molecular weight is 255 g/mol. The van der Waals surface area contributed by atoms with E-state index >= 15 is 0 Å². The van der Waals surface area contributed by atoms with Gasteiger partial charge in [0.25, 0.3) is 0 Å². The van der Waals surface area contributed by atoms with Crippen molar-refractivity contribution in [3.63, 3.8) is 0 Å². The molecule has 0 radical (unpaired) electrons. The zero-order valence-corrected chi connectivity index (χ0v) is 12.5. The first kappa shape index (κ1) is 15.4. The molecule has 4 nitrogen and oxygen atoms in total. The first-order valence-corrected chi connectivity index (χ1v) is 6.97. The number of piperidine rings is 1. The van der Waals surface area contributed by atoms with E-state index in [1.165, 1.54) is 0 Å². The van der Waals surface area contributed by atoms with Gasteiger partial charge in [0.15, 0.2) is 0 Å². The van der Waals surface area contributed by atoms with E-state index in [2.05, 4.69) is 43.6 Å². The summed E-state index contributed by atoms with van der Waals surface area (Å²) < 4.78 is 0. The second-order valence-electron chi connectivity index (χ2n) is 6.77. The maximum absolute atomic E-state index is 11.8. The van der Waals surface area contributed by atoms with Gasteiger partial charge in [-0.15, -0.1) is 0 Å². The number of nitrogens with one attached hydrogen (secondary N) is 3. The van der Waals surface area contributed by atoms with Gasteiger partial charge in [-0.3, -0.25) is 4.79 Å². The molecule has 1 saturated heterocycles. The van der Waals surface area contributed by atoms with Gasteiger partial charge in [-0.1, -0.05) is 0 Å². The summed E-state index contributed by atoms with van der Waals surface area (Å²) in [5, 5.41) is 9.87. The van der Waals surface area contributed by atoms with Gasteiger partial charge in [-0.25, -0.2) is 0 Å². The first-order chi connectivity index (χ1) is 8.24. The second kappa shape index (κ2) is 6.02. The van der Waals surface area contributed by atoms with Crippen LogP contribution in [-0.4, -0.2) is 36.6 Å². The minimum atomic E-state index is 0.0880. The molecule has 0 aromatic heterocycles. The van der Waals surface area contributed by atoms with Gasteiger partial charge in [0.1, 0.15) is 0 Å². The Labute approximate surface area is 111 Å². The summed E-state index contributed by atoms with van der Waals surface area (Å²) in [6.07, 6.45) is 3.51. The standard InChI is InChI=1S/C14H29N3O/c1-13(2)9-11(10-14(3,4)17-13)16-12(18)7-6-8-15-5/h11,15,17H,6-10H2,1-5H3,(H,16,18). The Kier molecular flexibility index (Phi) is 5.17. The monoisotopic (exact) mass is 255 g/mol. The van der Waals surface area contributed by atoms with Crippen molar-refractivity contribution >= 4 is 5.91 Å². The van der Waals surface area contributed by atoms with E-state index < -0.39 is 0 Å². The molecule has 1 fully saturated rings. The van der Waals surface area contributed by atoms with Gasteiger partial charge in [0, 0.05) is 23.5 Å². The molecule has 0 aliphatic carbocycles. The van der Waals surface area contributed by atoms with Crippen molar-refractivity contribution in [1.29, 1.82) is 0 Å². The van der Waals surface area contributed by atoms with Gasteiger partial charge in [-0.2, -0.15) is 0 Å². The third-order valence-electron chi connectivity index (χ3n) is 3.39. The zero-order valence-electron chi connectivity index (χ0n) is 12.5. The molecule has 0 bridgehead atoms. The van der Waals surface area contributed by atoms with Gasteiger partial charge >= 0.3 is 0 Å². The van der Waals surface area contributed by atoms with Crippen LogP contribution in [0.25, 0.3) is 0 Å². The van der Waals surface area contributed by atoms with E-state index in [1.54, 1.807) is 0 Å². The van der Waals surface area contributed by atoms with Gasteiger partial charge < -0.3 is 16.0 Å². The van der Waals surface area contributed by atoms with E-state index in [9.17, 15) is 4.79 Å². The first-order valence-electron chi connectivity index (χ1n) is 6.97. The lowest BCUT2D eigenvalue weighted by Gasteiger charge is -2.46. The highest BCUT2D eigenvalue weighted by Crippen LogP contribution is 2.28. The van der Waals surface area contributed by atoms with Crippen LogP contribution < -0.4 is 16.0 Å². The molecule has 1 amide bonds. The molecule has 106 valence electrons. The Morgan fingerprint density at radius 2 is 1.78 bits per heavy atom. The smallest absolute Gasteiger partial charge is 0.220 e. The van der Waals surface area contributed by atoms with Crippen LogP contribution in [0, 0.1) is 0 Å². The normalized spacial score (nSPS) is 22.7. The summed E-state index contributed by atoms with van der Waals surface area (Å²) in [7, 11) is 1.91. The summed E-state index contributed by atoms with van der Waals surface area (Å²) in [4.78, 5) is 11.8. The molecule has 1 aliphatic heterocycles. The maximum Gasteiger partial charge on any atom is 0.220 e. The lowest BCUT2D eigenvalue weighted by Crippen LogP contribution is -2.62. The Balaban J connectivity index is 2.44. The number of amides is 1. The van der Waals surface area contributed by atoms with Crippen molar-refractivity contribution in [3.05, 3.63) is 0 Å². The fourth-order valence-electron chi connectivity index (χ4n) is 3.15. The van der Waals surface area contributed by atoms with Gasteiger partial charge in [0.05, 0.1) is 0 Å². The highest BCUT2D eigenvalue weighted by molar-refractivity contribution is 5.76. The maximum atomic E-state index is 11.8. The molecule has 0 saturated carbocycles. The Hall–Kier alpha value is -0.610. The molecule has 1 heterocycles. The molecule has 0 aromatic carbocycles. The quantitative estimate of drug-likeness (QED) is 0.651. The minimum absolute atomic E-state index is 0.0880. The van der Waals surface area contributed by atoms with Crippen molar-refractivity contribution < 1.29 is 4.79 Å².